The molecule has 1 saturated carbocycles. The van der Waals surface area contributed by atoms with E-state index in [9.17, 15) is 13.2 Å². The van der Waals surface area contributed by atoms with Crippen LogP contribution in [0.4, 0.5) is 11.4 Å². The Morgan fingerprint density at radius 3 is 2.38 bits per heavy atom. The summed E-state index contributed by atoms with van der Waals surface area (Å²) in [5.41, 5.74) is 1.63. The Morgan fingerprint density at radius 2 is 1.81 bits per heavy atom. The monoisotopic (exact) mass is 310 g/mol. The molecule has 0 radical (unpaired) electrons. The van der Waals surface area contributed by atoms with E-state index in [1.165, 1.54) is 6.26 Å². The lowest BCUT2D eigenvalue weighted by Gasteiger charge is -2.20. The van der Waals surface area contributed by atoms with Crippen LogP contribution in [0, 0.1) is 0 Å². The number of carbonyl (C=O) groups is 1. The Labute approximate surface area is 126 Å². The van der Waals surface area contributed by atoms with Crippen LogP contribution >= 0.6 is 0 Å². The van der Waals surface area contributed by atoms with Gasteiger partial charge in [-0.3, -0.25) is 4.79 Å². The summed E-state index contributed by atoms with van der Waals surface area (Å²) in [7, 11) is -3.02. The van der Waals surface area contributed by atoms with Crippen LogP contribution in [0.15, 0.2) is 24.3 Å². The SMILES string of the molecule is CCC(=O)Nc1ccc(NC2CCCC2S(C)(=O)=O)cc1. The highest BCUT2D eigenvalue weighted by Gasteiger charge is 2.34. The van der Waals surface area contributed by atoms with Crippen molar-refractivity contribution in [2.24, 2.45) is 0 Å². The minimum atomic E-state index is -3.02. The topological polar surface area (TPSA) is 75.3 Å². The second-order valence-electron chi connectivity index (χ2n) is 5.53. The van der Waals surface area contributed by atoms with Gasteiger partial charge < -0.3 is 10.6 Å². The molecule has 0 saturated heterocycles. The van der Waals surface area contributed by atoms with Crippen molar-refractivity contribution in [3.63, 3.8) is 0 Å². The van der Waals surface area contributed by atoms with Crippen molar-refractivity contribution in [3.8, 4) is 0 Å². The molecule has 0 bridgehead atoms. The molecule has 1 aromatic carbocycles. The highest BCUT2D eigenvalue weighted by atomic mass is 32.2. The van der Waals surface area contributed by atoms with Crippen molar-refractivity contribution in [1.82, 2.24) is 0 Å². The second-order valence-corrected chi connectivity index (χ2v) is 7.79. The third-order valence-electron chi connectivity index (χ3n) is 3.84. The largest absolute Gasteiger partial charge is 0.381 e. The Balaban J connectivity index is 2.02. The maximum atomic E-state index is 11.8. The number of anilines is 2. The van der Waals surface area contributed by atoms with E-state index in [1.54, 1.807) is 6.92 Å². The van der Waals surface area contributed by atoms with Crippen molar-refractivity contribution in [2.75, 3.05) is 16.9 Å². The van der Waals surface area contributed by atoms with Gasteiger partial charge in [0.05, 0.1) is 5.25 Å². The number of hydrogen-bond acceptors (Lipinski definition) is 4. The van der Waals surface area contributed by atoms with Gasteiger partial charge in [0.15, 0.2) is 9.84 Å². The number of hydrogen-bond donors (Lipinski definition) is 2. The van der Waals surface area contributed by atoms with E-state index >= 15 is 0 Å². The molecule has 2 unspecified atom stereocenters. The zero-order chi connectivity index (χ0) is 15.5. The lowest BCUT2D eigenvalue weighted by molar-refractivity contribution is -0.115. The van der Waals surface area contributed by atoms with E-state index in [1.807, 2.05) is 24.3 Å². The van der Waals surface area contributed by atoms with Crippen LogP contribution in [-0.2, 0) is 14.6 Å². The average molecular weight is 310 g/mol. The van der Waals surface area contributed by atoms with Gasteiger partial charge in [-0.2, -0.15) is 0 Å². The summed E-state index contributed by atoms with van der Waals surface area (Å²) in [4.78, 5) is 11.3. The zero-order valence-electron chi connectivity index (χ0n) is 12.4. The molecule has 0 aromatic heterocycles. The zero-order valence-corrected chi connectivity index (χ0v) is 13.2. The summed E-state index contributed by atoms with van der Waals surface area (Å²) in [5.74, 6) is -0.0244. The summed E-state index contributed by atoms with van der Waals surface area (Å²) in [6.45, 7) is 1.80. The molecule has 6 heteroatoms. The van der Waals surface area contributed by atoms with E-state index in [0.29, 0.717) is 6.42 Å². The summed E-state index contributed by atoms with van der Waals surface area (Å²) in [5, 5.41) is 5.77. The molecule has 0 spiro atoms. The number of carbonyl (C=O) groups excluding carboxylic acids is 1. The van der Waals surface area contributed by atoms with E-state index in [4.69, 9.17) is 0 Å². The first-order valence-corrected chi connectivity index (χ1v) is 9.21. The first-order valence-electron chi connectivity index (χ1n) is 7.25. The molecule has 2 rings (SSSR count). The molecule has 1 fully saturated rings. The quantitative estimate of drug-likeness (QED) is 0.876. The Kier molecular flexibility index (Phi) is 4.88. The van der Waals surface area contributed by atoms with Gasteiger partial charge in [0, 0.05) is 30.1 Å². The molecule has 1 aliphatic carbocycles. The Bertz CT molecular complexity index is 596. The van der Waals surface area contributed by atoms with Crippen LogP contribution in [0.3, 0.4) is 0 Å². The summed E-state index contributed by atoms with van der Waals surface area (Å²) in [6, 6.07) is 7.34. The van der Waals surface area contributed by atoms with Crippen molar-refractivity contribution in [2.45, 2.75) is 43.9 Å². The lowest BCUT2D eigenvalue weighted by Crippen LogP contribution is -2.34. The fraction of sp³-hybridized carbons (Fsp3) is 0.533. The van der Waals surface area contributed by atoms with Crippen LogP contribution in [0.5, 0.6) is 0 Å². The van der Waals surface area contributed by atoms with Crippen molar-refractivity contribution >= 4 is 27.1 Å². The number of amides is 1. The molecule has 2 N–H and O–H groups in total. The number of nitrogens with one attached hydrogen (secondary N) is 2. The van der Waals surface area contributed by atoms with Crippen LogP contribution in [0.2, 0.25) is 0 Å². The normalized spacial score (nSPS) is 22.0. The maximum Gasteiger partial charge on any atom is 0.224 e. The third kappa shape index (κ3) is 4.20. The smallest absolute Gasteiger partial charge is 0.224 e. The standard InChI is InChI=1S/C15H22N2O3S/c1-3-15(18)17-12-9-7-11(8-10-12)16-13-5-4-6-14(13)21(2,19)20/h7-10,13-14,16H,3-6H2,1-2H3,(H,17,18). The molecule has 1 aromatic rings. The van der Waals surface area contributed by atoms with Gasteiger partial charge in [-0.15, -0.1) is 0 Å². The van der Waals surface area contributed by atoms with Crippen molar-refractivity contribution in [1.29, 1.82) is 0 Å². The van der Waals surface area contributed by atoms with E-state index in [0.717, 1.165) is 30.6 Å². The van der Waals surface area contributed by atoms with Crippen LogP contribution in [-0.4, -0.2) is 31.9 Å². The highest BCUT2D eigenvalue weighted by molar-refractivity contribution is 7.91. The third-order valence-corrected chi connectivity index (χ3v) is 5.51. The first kappa shape index (κ1) is 15.8. The van der Waals surface area contributed by atoms with Gasteiger partial charge >= 0.3 is 0 Å². The molecule has 116 valence electrons. The minimum Gasteiger partial charge on any atom is -0.381 e. The van der Waals surface area contributed by atoms with Crippen molar-refractivity contribution < 1.29 is 13.2 Å². The van der Waals surface area contributed by atoms with Gasteiger partial charge in [-0.25, -0.2) is 8.42 Å². The summed E-state index contributed by atoms with van der Waals surface area (Å²) >= 11 is 0. The highest BCUT2D eigenvalue weighted by Crippen LogP contribution is 2.28. The van der Waals surface area contributed by atoms with Gasteiger partial charge in [-0.1, -0.05) is 6.92 Å². The molecule has 0 heterocycles. The predicted molar refractivity (Wildman–Crippen MR) is 85.3 cm³/mol. The fourth-order valence-corrected chi connectivity index (χ4v) is 4.11. The van der Waals surface area contributed by atoms with Gasteiger partial charge in [0.25, 0.3) is 0 Å². The van der Waals surface area contributed by atoms with Crippen LogP contribution in [0.1, 0.15) is 32.6 Å². The van der Waals surface area contributed by atoms with Gasteiger partial charge in [0.1, 0.15) is 0 Å². The average Bonchev–Trinajstić information content (AvgIpc) is 2.89. The Morgan fingerprint density at radius 1 is 1.19 bits per heavy atom. The fourth-order valence-electron chi connectivity index (χ4n) is 2.72. The second kappa shape index (κ2) is 6.47. The predicted octanol–water partition coefficient (Wildman–Crippen LogP) is 2.41. The van der Waals surface area contributed by atoms with Gasteiger partial charge in [0.2, 0.25) is 5.91 Å². The summed E-state index contributed by atoms with van der Waals surface area (Å²) in [6.07, 6.45) is 4.27. The Hall–Kier alpha value is -1.56. The van der Waals surface area contributed by atoms with Crippen LogP contribution < -0.4 is 10.6 Å². The van der Waals surface area contributed by atoms with E-state index in [-0.39, 0.29) is 17.2 Å². The number of sulfone groups is 1. The summed E-state index contributed by atoms with van der Waals surface area (Å²) < 4.78 is 23.5. The molecule has 1 amide bonds. The maximum absolute atomic E-state index is 11.8. The molecular weight excluding hydrogens is 288 g/mol. The molecule has 2 atom stereocenters. The molecule has 5 nitrogen and oxygen atoms in total. The number of benzene rings is 1. The van der Waals surface area contributed by atoms with E-state index < -0.39 is 9.84 Å². The number of rotatable bonds is 5. The minimum absolute atomic E-state index is 0.0244. The van der Waals surface area contributed by atoms with Crippen molar-refractivity contribution in [3.05, 3.63) is 24.3 Å². The lowest BCUT2D eigenvalue weighted by atomic mass is 10.2. The molecule has 1 aliphatic rings. The van der Waals surface area contributed by atoms with Gasteiger partial charge in [-0.05, 0) is 43.5 Å². The first-order chi connectivity index (χ1) is 9.90. The molecular formula is C15H22N2O3S. The van der Waals surface area contributed by atoms with Crippen LogP contribution in [0.25, 0.3) is 0 Å². The van der Waals surface area contributed by atoms with E-state index in [2.05, 4.69) is 10.6 Å². The molecule has 21 heavy (non-hydrogen) atoms. The molecule has 0 aliphatic heterocycles.